The molecule has 2 N–H and O–H groups in total. The Morgan fingerprint density at radius 3 is 2.74 bits per heavy atom. The van der Waals surface area contributed by atoms with Gasteiger partial charge in [-0.3, -0.25) is 14.5 Å². The van der Waals surface area contributed by atoms with Crippen molar-refractivity contribution in [3.63, 3.8) is 0 Å². The quantitative estimate of drug-likeness (QED) is 0.819. The van der Waals surface area contributed by atoms with Gasteiger partial charge in [-0.05, 0) is 38.1 Å². The van der Waals surface area contributed by atoms with Crippen LogP contribution in [0.4, 0.5) is 0 Å². The Labute approximate surface area is 111 Å². The zero-order valence-corrected chi connectivity index (χ0v) is 10.7. The number of likely N-dealkylation sites (tertiary alicyclic amines) is 1. The minimum absolute atomic E-state index is 0.0198. The lowest BCUT2D eigenvalue weighted by Crippen LogP contribution is -2.42. The molecule has 0 saturated carbocycles. The summed E-state index contributed by atoms with van der Waals surface area (Å²) in [6.07, 6.45) is 2.99. The molecule has 0 aromatic carbocycles. The van der Waals surface area contributed by atoms with Gasteiger partial charge in [0, 0.05) is 5.92 Å². The van der Waals surface area contributed by atoms with Crippen LogP contribution in [-0.2, 0) is 16.1 Å². The third kappa shape index (κ3) is 4.10. The summed E-state index contributed by atoms with van der Waals surface area (Å²) in [5.41, 5.74) is 0. The normalized spacial score (nSPS) is 17.3. The molecule has 0 radical (unpaired) electrons. The van der Waals surface area contributed by atoms with Crippen molar-refractivity contribution in [2.24, 2.45) is 5.92 Å². The molecule has 104 valence electrons. The lowest BCUT2D eigenvalue weighted by molar-refractivity contribution is -0.138. The van der Waals surface area contributed by atoms with Gasteiger partial charge in [0.15, 0.2) is 0 Å². The molecule has 0 unspecified atom stereocenters. The first-order valence-electron chi connectivity index (χ1n) is 6.39. The summed E-state index contributed by atoms with van der Waals surface area (Å²) in [4.78, 5) is 24.4. The van der Waals surface area contributed by atoms with Crippen LogP contribution in [0, 0.1) is 5.92 Å². The number of aliphatic carboxylic acids is 1. The van der Waals surface area contributed by atoms with E-state index in [2.05, 4.69) is 5.32 Å². The maximum Gasteiger partial charge on any atom is 0.317 e. The van der Waals surface area contributed by atoms with Gasteiger partial charge in [0.05, 0.1) is 19.4 Å². The summed E-state index contributed by atoms with van der Waals surface area (Å²) in [5.74, 6) is -0.0937. The van der Waals surface area contributed by atoms with E-state index in [-0.39, 0.29) is 18.4 Å². The Morgan fingerprint density at radius 1 is 1.42 bits per heavy atom. The largest absolute Gasteiger partial charge is 0.480 e. The molecule has 2 heterocycles. The molecule has 1 aliphatic heterocycles. The van der Waals surface area contributed by atoms with Crippen LogP contribution in [0.15, 0.2) is 22.8 Å². The zero-order chi connectivity index (χ0) is 13.7. The van der Waals surface area contributed by atoms with Crippen LogP contribution in [-0.4, -0.2) is 41.5 Å². The average molecular weight is 266 g/mol. The van der Waals surface area contributed by atoms with E-state index in [1.54, 1.807) is 12.3 Å². The predicted octanol–water partition coefficient (Wildman–Crippen LogP) is 0.692. The van der Waals surface area contributed by atoms with Gasteiger partial charge in [-0.15, -0.1) is 0 Å². The SMILES string of the molecule is O=C(O)CN1CCC(C(=O)NCc2ccco2)CC1. The van der Waals surface area contributed by atoms with E-state index in [9.17, 15) is 9.59 Å². The van der Waals surface area contributed by atoms with Crippen LogP contribution < -0.4 is 5.32 Å². The van der Waals surface area contributed by atoms with Crippen molar-refractivity contribution in [1.29, 1.82) is 0 Å². The van der Waals surface area contributed by atoms with Gasteiger partial charge in [0.1, 0.15) is 5.76 Å². The van der Waals surface area contributed by atoms with E-state index in [1.165, 1.54) is 0 Å². The second-order valence-corrected chi connectivity index (χ2v) is 4.74. The summed E-state index contributed by atoms with van der Waals surface area (Å²) < 4.78 is 5.14. The Bertz CT molecular complexity index is 422. The molecule has 1 aromatic rings. The minimum atomic E-state index is -0.819. The number of carboxylic acids is 1. The number of carboxylic acid groups (broad SMARTS) is 1. The number of hydrogen-bond donors (Lipinski definition) is 2. The fraction of sp³-hybridized carbons (Fsp3) is 0.538. The minimum Gasteiger partial charge on any atom is -0.480 e. The molecule has 19 heavy (non-hydrogen) atoms. The highest BCUT2D eigenvalue weighted by atomic mass is 16.4. The number of carbonyl (C=O) groups is 2. The topological polar surface area (TPSA) is 82.8 Å². The summed E-state index contributed by atoms with van der Waals surface area (Å²) in [7, 11) is 0. The number of amides is 1. The van der Waals surface area contributed by atoms with E-state index in [0.29, 0.717) is 32.5 Å². The molecule has 1 amide bonds. The Kier molecular flexibility index (Phi) is 4.57. The van der Waals surface area contributed by atoms with Crippen molar-refractivity contribution in [2.75, 3.05) is 19.6 Å². The number of furan rings is 1. The van der Waals surface area contributed by atoms with Gasteiger partial charge in [-0.1, -0.05) is 0 Å². The number of piperidine rings is 1. The molecule has 6 nitrogen and oxygen atoms in total. The number of nitrogens with zero attached hydrogens (tertiary/aromatic N) is 1. The smallest absolute Gasteiger partial charge is 0.317 e. The maximum absolute atomic E-state index is 11.9. The van der Waals surface area contributed by atoms with Gasteiger partial charge < -0.3 is 14.8 Å². The Balaban J connectivity index is 1.71. The number of hydrogen-bond acceptors (Lipinski definition) is 4. The first-order valence-corrected chi connectivity index (χ1v) is 6.39. The van der Waals surface area contributed by atoms with Crippen LogP contribution in [0.25, 0.3) is 0 Å². The Hall–Kier alpha value is -1.82. The second kappa shape index (κ2) is 6.38. The molecule has 0 spiro atoms. The molecule has 1 aliphatic rings. The van der Waals surface area contributed by atoms with Gasteiger partial charge in [-0.2, -0.15) is 0 Å². The summed E-state index contributed by atoms with van der Waals surface area (Å²) in [5, 5.41) is 11.5. The second-order valence-electron chi connectivity index (χ2n) is 4.74. The van der Waals surface area contributed by atoms with Crippen molar-refractivity contribution in [2.45, 2.75) is 19.4 Å². The van der Waals surface area contributed by atoms with Crippen molar-refractivity contribution in [3.05, 3.63) is 24.2 Å². The molecule has 1 saturated heterocycles. The fourth-order valence-corrected chi connectivity index (χ4v) is 2.28. The first-order chi connectivity index (χ1) is 9.15. The molecule has 0 bridgehead atoms. The average Bonchev–Trinajstić information content (AvgIpc) is 2.89. The summed E-state index contributed by atoms with van der Waals surface area (Å²) >= 11 is 0. The van der Waals surface area contributed by atoms with E-state index in [1.807, 2.05) is 11.0 Å². The highest BCUT2D eigenvalue weighted by molar-refractivity contribution is 5.78. The fourth-order valence-electron chi connectivity index (χ4n) is 2.28. The van der Waals surface area contributed by atoms with Crippen LogP contribution >= 0.6 is 0 Å². The van der Waals surface area contributed by atoms with Gasteiger partial charge >= 0.3 is 5.97 Å². The van der Waals surface area contributed by atoms with E-state index in [0.717, 1.165) is 5.76 Å². The number of rotatable bonds is 5. The standard InChI is InChI=1S/C13H18N2O4/c16-12(17)9-15-5-3-10(4-6-15)13(18)14-8-11-2-1-7-19-11/h1-2,7,10H,3-6,8-9H2,(H,14,18)(H,16,17). The lowest BCUT2D eigenvalue weighted by Gasteiger charge is -2.29. The monoisotopic (exact) mass is 266 g/mol. The molecule has 6 heteroatoms. The van der Waals surface area contributed by atoms with Gasteiger partial charge in [-0.25, -0.2) is 0 Å². The molecule has 0 atom stereocenters. The van der Waals surface area contributed by atoms with Crippen LogP contribution in [0.5, 0.6) is 0 Å². The molecular weight excluding hydrogens is 248 g/mol. The molecule has 0 aliphatic carbocycles. The predicted molar refractivity (Wildman–Crippen MR) is 67.4 cm³/mol. The van der Waals surface area contributed by atoms with Crippen LogP contribution in [0.1, 0.15) is 18.6 Å². The van der Waals surface area contributed by atoms with Crippen molar-refractivity contribution < 1.29 is 19.1 Å². The van der Waals surface area contributed by atoms with E-state index in [4.69, 9.17) is 9.52 Å². The van der Waals surface area contributed by atoms with Gasteiger partial charge in [0.25, 0.3) is 0 Å². The van der Waals surface area contributed by atoms with E-state index < -0.39 is 5.97 Å². The van der Waals surface area contributed by atoms with Crippen molar-refractivity contribution in [3.8, 4) is 0 Å². The number of nitrogens with one attached hydrogen (secondary N) is 1. The molecule has 1 fully saturated rings. The third-order valence-corrected chi connectivity index (χ3v) is 3.33. The molecular formula is C13H18N2O4. The highest BCUT2D eigenvalue weighted by Crippen LogP contribution is 2.17. The molecule has 1 aromatic heterocycles. The number of carbonyl (C=O) groups excluding carboxylic acids is 1. The summed E-state index contributed by atoms with van der Waals surface area (Å²) in [6, 6.07) is 3.60. The van der Waals surface area contributed by atoms with E-state index >= 15 is 0 Å². The first kappa shape index (κ1) is 13.6. The lowest BCUT2D eigenvalue weighted by atomic mass is 9.96. The molecule has 2 rings (SSSR count). The van der Waals surface area contributed by atoms with Crippen molar-refractivity contribution >= 4 is 11.9 Å². The van der Waals surface area contributed by atoms with Crippen LogP contribution in [0.2, 0.25) is 0 Å². The van der Waals surface area contributed by atoms with Gasteiger partial charge in [0.2, 0.25) is 5.91 Å². The van der Waals surface area contributed by atoms with Crippen molar-refractivity contribution in [1.82, 2.24) is 10.2 Å². The highest BCUT2D eigenvalue weighted by Gasteiger charge is 2.25. The Morgan fingerprint density at radius 2 is 2.16 bits per heavy atom. The summed E-state index contributed by atoms with van der Waals surface area (Å²) in [6.45, 7) is 1.78. The zero-order valence-electron chi connectivity index (χ0n) is 10.7. The third-order valence-electron chi connectivity index (χ3n) is 3.33. The maximum atomic E-state index is 11.9. The van der Waals surface area contributed by atoms with Crippen LogP contribution in [0.3, 0.4) is 0 Å².